The van der Waals surface area contributed by atoms with Gasteiger partial charge in [-0.05, 0) is 43.7 Å². The van der Waals surface area contributed by atoms with Crippen molar-refractivity contribution in [2.24, 2.45) is 0 Å². The summed E-state index contributed by atoms with van der Waals surface area (Å²) in [6, 6.07) is 10.3. The summed E-state index contributed by atoms with van der Waals surface area (Å²) in [6.45, 7) is 8.59. The molecule has 3 heterocycles. The number of aromatic nitrogens is 3. The largest absolute Gasteiger partial charge is 0.344 e. The standard InChI is InChI=1S/C23H26FN5O/c1-17-14-21(18(2)29(17)15-19-4-6-20(24)7-5-19)22(30)16-27-10-12-28(13-11-27)23-25-8-3-9-26-23/h3-9,14H,10-13,15-16H2,1-2H3/p+1. The lowest BCUT2D eigenvalue weighted by atomic mass is 10.1. The number of nitrogens with one attached hydrogen (secondary N) is 1. The van der Waals surface area contributed by atoms with Gasteiger partial charge >= 0.3 is 0 Å². The number of piperazine rings is 1. The van der Waals surface area contributed by atoms with Crippen LogP contribution in [0, 0.1) is 19.7 Å². The number of nitrogens with zero attached hydrogens (tertiary/aromatic N) is 4. The van der Waals surface area contributed by atoms with E-state index in [0.717, 1.165) is 54.6 Å². The quantitative estimate of drug-likeness (QED) is 0.631. The minimum Gasteiger partial charge on any atom is -0.344 e. The van der Waals surface area contributed by atoms with Gasteiger partial charge in [0.25, 0.3) is 0 Å². The first-order valence-electron chi connectivity index (χ1n) is 10.3. The van der Waals surface area contributed by atoms with Crippen LogP contribution in [-0.2, 0) is 6.54 Å². The molecule has 0 saturated carbocycles. The van der Waals surface area contributed by atoms with Gasteiger partial charge in [-0.3, -0.25) is 4.79 Å². The Bertz CT molecular complexity index is 1010. The van der Waals surface area contributed by atoms with E-state index in [-0.39, 0.29) is 11.6 Å². The molecule has 0 spiro atoms. The van der Waals surface area contributed by atoms with E-state index in [1.54, 1.807) is 24.5 Å². The number of hydrogen-bond donors (Lipinski definition) is 1. The third-order valence-electron chi connectivity index (χ3n) is 5.84. The Hall–Kier alpha value is -3.06. The zero-order valence-electron chi connectivity index (χ0n) is 17.4. The second-order valence-electron chi connectivity index (χ2n) is 7.88. The highest BCUT2D eigenvalue weighted by Gasteiger charge is 2.25. The zero-order chi connectivity index (χ0) is 21.1. The summed E-state index contributed by atoms with van der Waals surface area (Å²) in [5, 5.41) is 0. The highest BCUT2D eigenvalue weighted by molar-refractivity contribution is 5.98. The molecule has 1 saturated heterocycles. The molecule has 0 unspecified atom stereocenters. The zero-order valence-corrected chi connectivity index (χ0v) is 17.4. The molecule has 1 aromatic carbocycles. The van der Waals surface area contributed by atoms with Crippen molar-refractivity contribution in [3.8, 4) is 0 Å². The molecule has 1 aliphatic heterocycles. The molecule has 156 valence electrons. The summed E-state index contributed by atoms with van der Waals surface area (Å²) in [5.41, 5.74) is 3.82. The van der Waals surface area contributed by atoms with E-state index in [2.05, 4.69) is 19.4 Å². The van der Waals surface area contributed by atoms with Crippen molar-refractivity contribution in [2.45, 2.75) is 20.4 Å². The van der Waals surface area contributed by atoms with Gasteiger partial charge < -0.3 is 14.4 Å². The van der Waals surface area contributed by atoms with Crippen molar-refractivity contribution in [3.05, 3.63) is 77.1 Å². The average Bonchev–Trinajstić information content (AvgIpc) is 3.05. The van der Waals surface area contributed by atoms with Crippen molar-refractivity contribution in [1.29, 1.82) is 0 Å². The van der Waals surface area contributed by atoms with Gasteiger partial charge in [0.2, 0.25) is 11.7 Å². The molecule has 7 heteroatoms. The van der Waals surface area contributed by atoms with Crippen LogP contribution in [-0.4, -0.2) is 53.0 Å². The number of ketones is 1. The molecule has 0 radical (unpaired) electrons. The lowest BCUT2D eigenvalue weighted by Gasteiger charge is -2.31. The Labute approximate surface area is 176 Å². The van der Waals surface area contributed by atoms with Gasteiger partial charge in [0.1, 0.15) is 12.4 Å². The van der Waals surface area contributed by atoms with Gasteiger partial charge in [-0.15, -0.1) is 0 Å². The highest BCUT2D eigenvalue weighted by atomic mass is 19.1. The van der Waals surface area contributed by atoms with Crippen LogP contribution in [0.1, 0.15) is 27.3 Å². The fourth-order valence-corrected chi connectivity index (χ4v) is 4.08. The number of carbonyl (C=O) groups excluding carboxylic acids is 1. The van der Waals surface area contributed by atoms with E-state index in [9.17, 15) is 9.18 Å². The number of aryl methyl sites for hydroxylation is 1. The number of carbonyl (C=O) groups is 1. The SMILES string of the molecule is Cc1cc(C(=O)C[NH+]2CCN(c3ncccn3)CC2)c(C)n1Cc1ccc(F)cc1. The Morgan fingerprint density at radius 2 is 1.77 bits per heavy atom. The topological polar surface area (TPSA) is 55.5 Å². The van der Waals surface area contributed by atoms with E-state index in [1.165, 1.54) is 17.0 Å². The van der Waals surface area contributed by atoms with Crippen LogP contribution < -0.4 is 9.80 Å². The Kier molecular flexibility index (Phi) is 5.90. The van der Waals surface area contributed by atoms with E-state index < -0.39 is 0 Å². The fraction of sp³-hybridized carbons (Fsp3) is 0.348. The van der Waals surface area contributed by atoms with Gasteiger partial charge in [-0.1, -0.05) is 12.1 Å². The Morgan fingerprint density at radius 1 is 1.10 bits per heavy atom. The molecule has 2 aromatic heterocycles. The Morgan fingerprint density at radius 3 is 2.43 bits per heavy atom. The molecule has 30 heavy (non-hydrogen) atoms. The molecule has 0 atom stereocenters. The van der Waals surface area contributed by atoms with Crippen LogP contribution in [0.15, 0.2) is 48.8 Å². The molecule has 1 aliphatic rings. The minimum absolute atomic E-state index is 0.174. The van der Waals surface area contributed by atoms with Crippen LogP contribution in [0.25, 0.3) is 0 Å². The number of rotatable bonds is 6. The maximum atomic E-state index is 13.2. The molecule has 4 rings (SSSR count). The van der Waals surface area contributed by atoms with Crippen LogP contribution in [0.5, 0.6) is 0 Å². The average molecular weight is 409 g/mol. The van der Waals surface area contributed by atoms with Gasteiger partial charge in [0.05, 0.1) is 26.2 Å². The number of hydrogen-bond acceptors (Lipinski definition) is 4. The van der Waals surface area contributed by atoms with Crippen molar-refractivity contribution in [3.63, 3.8) is 0 Å². The second-order valence-corrected chi connectivity index (χ2v) is 7.88. The summed E-state index contributed by atoms with van der Waals surface area (Å²) >= 11 is 0. The number of anilines is 1. The van der Waals surface area contributed by atoms with Gasteiger partial charge in [-0.25, -0.2) is 14.4 Å². The molecule has 0 bridgehead atoms. The maximum absolute atomic E-state index is 13.2. The molecular weight excluding hydrogens is 381 g/mol. The fourth-order valence-electron chi connectivity index (χ4n) is 4.08. The number of benzene rings is 1. The number of halogens is 1. The lowest BCUT2D eigenvalue weighted by Crippen LogP contribution is -3.15. The summed E-state index contributed by atoms with van der Waals surface area (Å²) in [6.07, 6.45) is 3.51. The predicted molar refractivity (Wildman–Crippen MR) is 114 cm³/mol. The van der Waals surface area contributed by atoms with Crippen LogP contribution >= 0.6 is 0 Å². The molecule has 1 N–H and O–H groups in total. The van der Waals surface area contributed by atoms with Crippen LogP contribution in [0.3, 0.4) is 0 Å². The van der Waals surface area contributed by atoms with E-state index in [4.69, 9.17) is 0 Å². The first-order chi connectivity index (χ1) is 14.5. The van der Waals surface area contributed by atoms with Crippen molar-refractivity contribution in [1.82, 2.24) is 14.5 Å². The molecule has 0 aliphatic carbocycles. The smallest absolute Gasteiger partial charge is 0.225 e. The third kappa shape index (κ3) is 4.41. The summed E-state index contributed by atoms with van der Waals surface area (Å²) in [5.74, 6) is 0.692. The number of quaternary nitrogens is 1. The summed E-state index contributed by atoms with van der Waals surface area (Å²) < 4.78 is 15.3. The molecule has 6 nitrogen and oxygen atoms in total. The van der Waals surface area contributed by atoms with Crippen molar-refractivity contribution in [2.75, 3.05) is 37.6 Å². The van der Waals surface area contributed by atoms with Gasteiger partial charge in [-0.2, -0.15) is 0 Å². The van der Waals surface area contributed by atoms with Crippen molar-refractivity contribution >= 4 is 11.7 Å². The third-order valence-corrected chi connectivity index (χ3v) is 5.84. The van der Waals surface area contributed by atoms with Gasteiger partial charge in [0, 0.05) is 35.9 Å². The van der Waals surface area contributed by atoms with Crippen LogP contribution in [0.4, 0.5) is 10.3 Å². The summed E-state index contributed by atoms with van der Waals surface area (Å²) in [4.78, 5) is 25.1. The van der Waals surface area contributed by atoms with E-state index in [1.807, 2.05) is 26.0 Å². The van der Waals surface area contributed by atoms with E-state index in [0.29, 0.717) is 13.1 Å². The van der Waals surface area contributed by atoms with Crippen LogP contribution in [0.2, 0.25) is 0 Å². The predicted octanol–water partition coefficient (Wildman–Crippen LogP) is 1.67. The normalized spacial score (nSPS) is 14.8. The first-order valence-corrected chi connectivity index (χ1v) is 10.3. The lowest BCUT2D eigenvalue weighted by molar-refractivity contribution is -0.892. The molecule has 1 fully saturated rings. The van der Waals surface area contributed by atoms with Gasteiger partial charge in [0.15, 0.2) is 0 Å². The Balaban J connectivity index is 1.39. The molecule has 0 amide bonds. The number of Topliss-reactive ketones (excluding diaryl/α,β-unsaturated/α-hetero) is 1. The van der Waals surface area contributed by atoms with Crippen molar-refractivity contribution < 1.29 is 14.1 Å². The second kappa shape index (κ2) is 8.75. The maximum Gasteiger partial charge on any atom is 0.225 e. The minimum atomic E-state index is -0.238. The highest BCUT2D eigenvalue weighted by Crippen LogP contribution is 2.18. The first kappa shape index (κ1) is 20.2. The molecule has 3 aromatic rings. The molecular formula is C23H27FN5O+. The summed E-state index contributed by atoms with van der Waals surface area (Å²) in [7, 11) is 0. The monoisotopic (exact) mass is 408 g/mol. The van der Waals surface area contributed by atoms with E-state index >= 15 is 0 Å².